The van der Waals surface area contributed by atoms with Crippen molar-refractivity contribution in [2.24, 2.45) is 0 Å². The number of aromatic nitrogens is 2. The minimum Gasteiger partial charge on any atom is -0.378 e. The maximum Gasteiger partial charge on any atom is 0.251 e. The Balaban J connectivity index is 1.47. The molecule has 0 bridgehead atoms. The van der Waals surface area contributed by atoms with Crippen LogP contribution in [0, 0.1) is 0 Å². The molecule has 0 aliphatic carbocycles. The van der Waals surface area contributed by atoms with Crippen LogP contribution in [0.15, 0.2) is 36.7 Å². The van der Waals surface area contributed by atoms with E-state index in [0.29, 0.717) is 76.9 Å². The molecule has 2 N–H and O–H groups in total. The average molecular weight is 519 g/mol. The lowest BCUT2D eigenvalue weighted by Crippen LogP contribution is -2.27. The van der Waals surface area contributed by atoms with Gasteiger partial charge in [0.15, 0.2) is 0 Å². The monoisotopic (exact) mass is 518 g/mol. The summed E-state index contributed by atoms with van der Waals surface area (Å²) in [6.07, 6.45) is 4.00. The SMILES string of the molecule is CC(C)NCCOCCOCCOCCOCCNC(=O)c1ccc(C(C)n2cc(C(C)C)cn2)cc1. The molecule has 0 saturated carbocycles. The lowest BCUT2D eigenvalue weighted by molar-refractivity contribution is -0.00113. The highest BCUT2D eigenvalue weighted by molar-refractivity contribution is 5.94. The highest BCUT2D eigenvalue weighted by Crippen LogP contribution is 2.20. The van der Waals surface area contributed by atoms with E-state index in [-0.39, 0.29) is 11.9 Å². The first kappa shape index (κ1) is 30.9. The molecule has 0 spiro atoms. The Hall–Kier alpha value is -2.30. The molecule has 9 heteroatoms. The molecule has 0 aliphatic heterocycles. The predicted octanol–water partition coefficient (Wildman–Crippen LogP) is 3.41. The zero-order valence-electron chi connectivity index (χ0n) is 23.2. The van der Waals surface area contributed by atoms with E-state index in [2.05, 4.69) is 56.5 Å². The lowest BCUT2D eigenvalue weighted by atomic mass is 10.1. The van der Waals surface area contributed by atoms with Crippen molar-refractivity contribution < 1.29 is 23.7 Å². The summed E-state index contributed by atoms with van der Waals surface area (Å²) in [4.78, 5) is 12.4. The van der Waals surface area contributed by atoms with Crippen LogP contribution in [0.25, 0.3) is 0 Å². The number of hydrogen-bond donors (Lipinski definition) is 2. The standard InChI is InChI=1S/C28H46N4O5/c1-22(2)27-20-31-32(21-27)24(5)25-6-8-26(9-7-25)28(33)30-11-13-35-15-17-37-19-18-36-16-14-34-12-10-29-23(3)4/h6-9,20-24,29H,10-19H2,1-5H3,(H,30,33). The van der Waals surface area contributed by atoms with Gasteiger partial charge in [-0.1, -0.05) is 39.8 Å². The number of rotatable bonds is 20. The van der Waals surface area contributed by atoms with Gasteiger partial charge in [-0.3, -0.25) is 9.48 Å². The van der Waals surface area contributed by atoms with Gasteiger partial charge in [-0.15, -0.1) is 0 Å². The molecule has 0 radical (unpaired) electrons. The van der Waals surface area contributed by atoms with Gasteiger partial charge in [-0.2, -0.15) is 5.10 Å². The molecule has 208 valence electrons. The number of nitrogens with one attached hydrogen (secondary N) is 2. The number of nitrogens with zero attached hydrogens (tertiary/aromatic N) is 2. The molecular formula is C28H46N4O5. The normalized spacial score (nSPS) is 12.4. The Kier molecular flexibility index (Phi) is 15.1. The van der Waals surface area contributed by atoms with Gasteiger partial charge in [-0.25, -0.2) is 0 Å². The molecular weight excluding hydrogens is 472 g/mol. The Bertz CT molecular complexity index is 870. The minimum atomic E-state index is -0.113. The number of amides is 1. The first-order valence-corrected chi connectivity index (χ1v) is 13.3. The van der Waals surface area contributed by atoms with Crippen LogP contribution >= 0.6 is 0 Å². The smallest absolute Gasteiger partial charge is 0.251 e. The fourth-order valence-corrected chi connectivity index (χ4v) is 3.45. The Morgan fingerprint density at radius 1 is 0.784 bits per heavy atom. The summed E-state index contributed by atoms with van der Waals surface area (Å²) < 4.78 is 23.9. The Morgan fingerprint density at radius 3 is 1.84 bits per heavy atom. The van der Waals surface area contributed by atoms with E-state index in [9.17, 15) is 4.79 Å². The van der Waals surface area contributed by atoms with Gasteiger partial charge in [0.05, 0.1) is 65.1 Å². The predicted molar refractivity (Wildman–Crippen MR) is 145 cm³/mol. The summed E-state index contributed by atoms with van der Waals surface area (Å²) in [5.41, 5.74) is 2.94. The summed E-state index contributed by atoms with van der Waals surface area (Å²) >= 11 is 0. The van der Waals surface area contributed by atoms with E-state index in [1.807, 2.05) is 35.1 Å². The zero-order chi connectivity index (χ0) is 26.9. The van der Waals surface area contributed by atoms with Gasteiger partial charge in [-0.05, 0) is 36.1 Å². The summed E-state index contributed by atoms with van der Waals surface area (Å²) in [7, 11) is 0. The summed E-state index contributed by atoms with van der Waals surface area (Å²) in [6, 6.07) is 8.23. The second kappa shape index (κ2) is 18.0. The van der Waals surface area contributed by atoms with Crippen LogP contribution in [0.5, 0.6) is 0 Å². The molecule has 0 aliphatic rings. The molecule has 1 heterocycles. The van der Waals surface area contributed by atoms with Crippen LogP contribution in [0.3, 0.4) is 0 Å². The highest BCUT2D eigenvalue weighted by atomic mass is 16.6. The molecule has 1 unspecified atom stereocenters. The zero-order valence-corrected chi connectivity index (χ0v) is 23.2. The van der Waals surface area contributed by atoms with Crippen LogP contribution in [-0.2, 0) is 18.9 Å². The summed E-state index contributed by atoms with van der Waals surface area (Å²) in [5.74, 6) is 0.332. The molecule has 0 saturated heterocycles. The molecule has 2 rings (SSSR count). The van der Waals surface area contributed by atoms with Crippen molar-refractivity contribution in [1.82, 2.24) is 20.4 Å². The molecule has 1 aromatic heterocycles. The number of carbonyl (C=O) groups excluding carboxylic acids is 1. The van der Waals surface area contributed by atoms with Gasteiger partial charge < -0.3 is 29.6 Å². The van der Waals surface area contributed by atoms with Gasteiger partial charge in [0.25, 0.3) is 5.91 Å². The van der Waals surface area contributed by atoms with Crippen molar-refractivity contribution in [3.8, 4) is 0 Å². The van der Waals surface area contributed by atoms with Gasteiger partial charge in [0.1, 0.15) is 0 Å². The second-order valence-corrected chi connectivity index (χ2v) is 9.52. The van der Waals surface area contributed by atoms with Crippen molar-refractivity contribution in [2.45, 2.75) is 52.6 Å². The van der Waals surface area contributed by atoms with Crippen LogP contribution in [0.4, 0.5) is 0 Å². The van der Waals surface area contributed by atoms with Crippen molar-refractivity contribution in [3.63, 3.8) is 0 Å². The first-order chi connectivity index (χ1) is 17.9. The van der Waals surface area contributed by atoms with Crippen LogP contribution in [0.1, 0.15) is 68.1 Å². The third-order valence-electron chi connectivity index (χ3n) is 5.79. The fourth-order valence-electron chi connectivity index (χ4n) is 3.45. The molecule has 1 amide bonds. The van der Waals surface area contributed by atoms with Crippen LogP contribution < -0.4 is 10.6 Å². The number of hydrogen-bond acceptors (Lipinski definition) is 7. The quantitative estimate of drug-likeness (QED) is 0.259. The minimum absolute atomic E-state index is 0.1000. The van der Waals surface area contributed by atoms with Crippen molar-refractivity contribution >= 4 is 5.91 Å². The summed E-state index contributed by atoms with van der Waals surface area (Å²) in [5, 5.41) is 10.7. The van der Waals surface area contributed by atoms with Gasteiger partial charge in [0.2, 0.25) is 0 Å². The molecule has 37 heavy (non-hydrogen) atoms. The Labute approximate surface area is 222 Å². The highest BCUT2D eigenvalue weighted by Gasteiger charge is 2.12. The maximum atomic E-state index is 12.4. The number of carbonyl (C=O) groups is 1. The molecule has 0 fully saturated rings. The average Bonchev–Trinajstić information content (AvgIpc) is 3.38. The molecule has 2 aromatic rings. The van der Waals surface area contributed by atoms with Crippen molar-refractivity contribution in [1.29, 1.82) is 0 Å². The third kappa shape index (κ3) is 12.7. The number of ether oxygens (including phenoxy) is 4. The summed E-state index contributed by atoms with van der Waals surface area (Å²) in [6.45, 7) is 16.2. The maximum absolute atomic E-state index is 12.4. The molecule has 1 aromatic carbocycles. The largest absolute Gasteiger partial charge is 0.378 e. The van der Waals surface area contributed by atoms with Crippen molar-refractivity contribution in [2.75, 3.05) is 65.9 Å². The fraction of sp³-hybridized carbons (Fsp3) is 0.643. The van der Waals surface area contributed by atoms with E-state index in [1.54, 1.807) is 0 Å². The lowest BCUT2D eigenvalue weighted by Gasteiger charge is -2.13. The van der Waals surface area contributed by atoms with Crippen LogP contribution in [-0.4, -0.2) is 87.7 Å². The van der Waals surface area contributed by atoms with Crippen molar-refractivity contribution in [3.05, 3.63) is 53.3 Å². The van der Waals surface area contributed by atoms with E-state index in [0.717, 1.165) is 12.1 Å². The van der Waals surface area contributed by atoms with Crippen LogP contribution in [0.2, 0.25) is 0 Å². The molecule has 9 nitrogen and oxygen atoms in total. The van der Waals surface area contributed by atoms with Gasteiger partial charge >= 0.3 is 0 Å². The van der Waals surface area contributed by atoms with E-state index >= 15 is 0 Å². The van der Waals surface area contributed by atoms with E-state index in [1.165, 1.54) is 5.56 Å². The second-order valence-electron chi connectivity index (χ2n) is 9.52. The Morgan fingerprint density at radius 2 is 1.32 bits per heavy atom. The number of benzene rings is 1. The first-order valence-electron chi connectivity index (χ1n) is 13.3. The van der Waals surface area contributed by atoms with E-state index < -0.39 is 0 Å². The molecule has 1 atom stereocenters. The third-order valence-corrected chi connectivity index (χ3v) is 5.79. The topological polar surface area (TPSA) is 95.9 Å². The van der Waals surface area contributed by atoms with Gasteiger partial charge in [0, 0.05) is 30.9 Å². The van der Waals surface area contributed by atoms with E-state index in [4.69, 9.17) is 18.9 Å².